The zero-order chi connectivity index (χ0) is 7.28. The van der Waals surface area contributed by atoms with Gasteiger partial charge in [-0.2, -0.15) is 0 Å². The van der Waals surface area contributed by atoms with Gasteiger partial charge >= 0.3 is 5.97 Å². The molecule has 1 unspecified atom stereocenters. The van der Waals surface area contributed by atoms with Gasteiger partial charge < -0.3 is 5.11 Å². The molecule has 0 radical (unpaired) electrons. The molecule has 2 nitrogen and oxygen atoms in total. The fourth-order valence-electron chi connectivity index (χ4n) is 0.383. The molecule has 0 saturated heterocycles. The van der Waals surface area contributed by atoms with Crippen LogP contribution in [0.25, 0.3) is 0 Å². The summed E-state index contributed by atoms with van der Waals surface area (Å²) in [5, 5.41) is 8.17. The third kappa shape index (κ3) is 5.07. The van der Waals surface area contributed by atoms with Crippen molar-refractivity contribution < 1.29 is 9.90 Å². The van der Waals surface area contributed by atoms with Gasteiger partial charge in [0.25, 0.3) is 0 Å². The van der Waals surface area contributed by atoms with Gasteiger partial charge in [0.15, 0.2) is 0 Å². The van der Waals surface area contributed by atoms with Gasteiger partial charge in [0.05, 0.1) is 0 Å². The van der Waals surface area contributed by atoms with Crippen LogP contribution in [0.1, 0.15) is 20.3 Å². The smallest absolute Gasteiger partial charge is 0.327 e. The number of carboxylic acid groups (broad SMARTS) is 1. The van der Waals surface area contributed by atoms with E-state index in [1.807, 2.05) is 13.8 Å². The van der Waals surface area contributed by atoms with E-state index in [1.165, 1.54) is 6.08 Å². The molecule has 0 amide bonds. The number of carboxylic acids is 1. The number of rotatable bonds is 3. The minimum atomic E-state index is -0.865. The maximum atomic E-state index is 9.93. The van der Waals surface area contributed by atoms with Crippen molar-refractivity contribution in [3.05, 3.63) is 12.2 Å². The van der Waals surface area contributed by atoms with E-state index in [2.05, 4.69) is 0 Å². The molecule has 0 aliphatic carbocycles. The van der Waals surface area contributed by atoms with Gasteiger partial charge in [-0.3, -0.25) is 0 Å². The van der Waals surface area contributed by atoms with Crippen LogP contribution in [-0.2, 0) is 4.79 Å². The first-order valence-corrected chi connectivity index (χ1v) is 3.08. The van der Waals surface area contributed by atoms with E-state index in [1.54, 1.807) is 6.08 Å². The van der Waals surface area contributed by atoms with Gasteiger partial charge in [-0.1, -0.05) is 26.3 Å². The number of hydrogen-bond donors (Lipinski definition) is 1. The highest BCUT2D eigenvalue weighted by Crippen LogP contribution is 2.00. The second kappa shape index (κ2) is 4.13. The van der Waals surface area contributed by atoms with Crippen LogP contribution in [0.5, 0.6) is 0 Å². The number of carbonyl (C=O) groups is 1. The monoisotopic (exact) mass is 128 g/mol. The fraction of sp³-hybridized carbons (Fsp3) is 0.571. The summed E-state index contributed by atoms with van der Waals surface area (Å²) in [5.74, 6) is -0.489. The summed E-state index contributed by atoms with van der Waals surface area (Å²) < 4.78 is 0. The lowest BCUT2D eigenvalue weighted by Gasteiger charge is -1.96. The van der Waals surface area contributed by atoms with Crippen molar-refractivity contribution in [1.82, 2.24) is 0 Å². The van der Waals surface area contributed by atoms with Crippen LogP contribution in [0.15, 0.2) is 12.2 Å². The molecule has 0 aromatic rings. The van der Waals surface area contributed by atoms with E-state index in [4.69, 9.17) is 5.11 Å². The second-order valence-electron chi connectivity index (χ2n) is 2.08. The van der Waals surface area contributed by atoms with Gasteiger partial charge in [0.1, 0.15) is 0 Å². The van der Waals surface area contributed by atoms with Crippen molar-refractivity contribution in [2.45, 2.75) is 20.3 Å². The van der Waals surface area contributed by atoms with Crippen LogP contribution >= 0.6 is 0 Å². The molecule has 0 spiro atoms. The lowest BCUT2D eigenvalue weighted by molar-refractivity contribution is -0.131. The summed E-state index contributed by atoms with van der Waals surface area (Å²) in [6.07, 6.45) is 3.88. The molecule has 52 valence electrons. The van der Waals surface area contributed by atoms with Crippen LogP contribution in [-0.4, -0.2) is 11.1 Å². The predicted octanol–water partition coefficient (Wildman–Crippen LogP) is 1.67. The van der Waals surface area contributed by atoms with Gasteiger partial charge in [-0.15, -0.1) is 0 Å². The van der Waals surface area contributed by atoms with Crippen LogP contribution in [0.3, 0.4) is 0 Å². The van der Waals surface area contributed by atoms with Crippen molar-refractivity contribution in [2.75, 3.05) is 0 Å². The highest BCUT2D eigenvalue weighted by atomic mass is 16.4. The Bertz CT molecular complexity index is 116. The first-order valence-electron chi connectivity index (χ1n) is 3.08. The van der Waals surface area contributed by atoms with E-state index in [-0.39, 0.29) is 0 Å². The van der Waals surface area contributed by atoms with E-state index >= 15 is 0 Å². The van der Waals surface area contributed by atoms with E-state index in [9.17, 15) is 4.79 Å². The Morgan fingerprint density at radius 2 is 2.33 bits per heavy atom. The molecule has 0 fully saturated rings. The predicted molar refractivity (Wildman–Crippen MR) is 36.2 cm³/mol. The van der Waals surface area contributed by atoms with Crippen molar-refractivity contribution in [1.29, 1.82) is 0 Å². The van der Waals surface area contributed by atoms with E-state index in [0.717, 1.165) is 6.42 Å². The summed E-state index contributed by atoms with van der Waals surface area (Å²) in [4.78, 5) is 9.93. The Kier molecular flexibility index (Phi) is 3.76. The molecule has 0 heterocycles. The van der Waals surface area contributed by atoms with Crippen LogP contribution in [0, 0.1) is 5.92 Å². The van der Waals surface area contributed by atoms with Gasteiger partial charge in [0.2, 0.25) is 0 Å². The summed E-state index contributed by atoms with van der Waals surface area (Å²) in [6, 6.07) is 0. The highest BCUT2D eigenvalue weighted by Gasteiger charge is 1.91. The average Bonchev–Trinajstić information content (AvgIpc) is 1.83. The minimum absolute atomic E-state index is 0.376. The Balaban J connectivity index is 3.56. The Hall–Kier alpha value is -0.790. The van der Waals surface area contributed by atoms with Crippen molar-refractivity contribution in [3.63, 3.8) is 0 Å². The second-order valence-corrected chi connectivity index (χ2v) is 2.08. The summed E-state index contributed by atoms with van der Waals surface area (Å²) in [5.41, 5.74) is 0. The van der Waals surface area contributed by atoms with E-state index < -0.39 is 5.97 Å². The molecule has 2 heteroatoms. The normalized spacial score (nSPS) is 14.0. The quantitative estimate of drug-likeness (QED) is 0.587. The van der Waals surface area contributed by atoms with Crippen LogP contribution in [0.4, 0.5) is 0 Å². The fourth-order valence-corrected chi connectivity index (χ4v) is 0.383. The number of allylic oxidation sites excluding steroid dienone is 1. The van der Waals surface area contributed by atoms with Crippen LogP contribution in [0.2, 0.25) is 0 Å². The Morgan fingerprint density at radius 1 is 1.78 bits per heavy atom. The molecule has 0 aliphatic heterocycles. The van der Waals surface area contributed by atoms with Crippen LogP contribution < -0.4 is 0 Å². The Morgan fingerprint density at radius 3 is 2.67 bits per heavy atom. The van der Waals surface area contributed by atoms with Crippen molar-refractivity contribution in [3.8, 4) is 0 Å². The summed E-state index contributed by atoms with van der Waals surface area (Å²) in [6.45, 7) is 4.01. The minimum Gasteiger partial charge on any atom is -0.478 e. The maximum absolute atomic E-state index is 9.93. The van der Waals surface area contributed by atoms with Gasteiger partial charge in [-0.25, -0.2) is 4.79 Å². The largest absolute Gasteiger partial charge is 0.478 e. The Labute approximate surface area is 55.2 Å². The molecule has 0 aromatic carbocycles. The summed E-state index contributed by atoms with van der Waals surface area (Å²) in [7, 11) is 0. The average molecular weight is 128 g/mol. The standard InChI is InChI=1S/C7H12O2/c1-3-6(2)4-5-7(8)9/h4-6H,3H2,1-2H3,(H,8,9). The zero-order valence-corrected chi connectivity index (χ0v) is 5.79. The molecule has 0 aromatic heterocycles. The lowest BCUT2D eigenvalue weighted by atomic mass is 10.1. The van der Waals surface area contributed by atoms with Gasteiger partial charge in [-0.05, 0) is 5.92 Å². The molecule has 1 N–H and O–H groups in total. The highest BCUT2D eigenvalue weighted by molar-refractivity contribution is 5.79. The molecule has 9 heavy (non-hydrogen) atoms. The van der Waals surface area contributed by atoms with Gasteiger partial charge in [0, 0.05) is 6.08 Å². The number of aliphatic carboxylic acids is 1. The molecule has 0 rings (SSSR count). The first-order chi connectivity index (χ1) is 4.16. The lowest BCUT2D eigenvalue weighted by Crippen LogP contribution is -1.90. The van der Waals surface area contributed by atoms with Crippen molar-refractivity contribution >= 4 is 5.97 Å². The third-order valence-corrected chi connectivity index (χ3v) is 1.21. The molecule has 0 bridgehead atoms. The zero-order valence-electron chi connectivity index (χ0n) is 5.79. The maximum Gasteiger partial charge on any atom is 0.327 e. The topological polar surface area (TPSA) is 37.3 Å². The first kappa shape index (κ1) is 8.21. The molecular weight excluding hydrogens is 116 g/mol. The third-order valence-electron chi connectivity index (χ3n) is 1.21. The summed E-state index contributed by atoms with van der Waals surface area (Å²) >= 11 is 0. The SMILES string of the molecule is CCC(C)C=CC(=O)O. The van der Waals surface area contributed by atoms with E-state index in [0.29, 0.717) is 5.92 Å². The van der Waals surface area contributed by atoms with Crippen molar-refractivity contribution in [2.24, 2.45) is 5.92 Å². The molecule has 1 atom stereocenters. The number of hydrogen-bond acceptors (Lipinski definition) is 1. The molecule has 0 aliphatic rings. The molecular formula is C7H12O2. The molecule has 0 saturated carbocycles.